The topological polar surface area (TPSA) is 46.5 Å². The van der Waals surface area contributed by atoms with Gasteiger partial charge in [0.2, 0.25) is 0 Å². The molecule has 0 amide bonds. The third-order valence-electron chi connectivity index (χ3n) is 2.16. The molecule has 0 saturated heterocycles. The maximum Gasteiger partial charge on any atom is 0.417 e. The fraction of sp³-hybridized carbons (Fsp3) is 0.364. The summed E-state index contributed by atoms with van der Waals surface area (Å²) in [5, 5.41) is 8.81. The fourth-order valence-electron chi connectivity index (χ4n) is 1.30. The van der Waals surface area contributed by atoms with E-state index in [9.17, 15) is 18.0 Å². The van der Waals surface area contributed by atoms with Gasteiger partial charge < -0.3 is 9.84 Å². The molecule has 0 aliphatic carbocycles. The largest absolute Gasteiger partial charge is 0.489 e. The molecule has 1 unspecified atom stereocenters. The second kappa shape index (κ2) is 5.71. The van der Waals surface area contributed by atoms with Gasteiger partial charge >= 0.3 is 6.18 Å². The Balaban J connectivity index is 2.88. The number of hydrogen-bond donors (Lipinski definition) is 1. The fourth-order valence-corrected chi connectivity index (χ4v) is 1.89. The van der Waals surface area contributed by atoms with Crippen LogP contribution in [0.5, 0.6) is 5.75 Å². The van der Waals surface area contributed by atoms with E-state index in [-0.39, 0.29) is 11.3 Å². The second-order valence-corrected chi connectivity index (χ2v) is 4.54. The number of alkyl halides is 3. The molecule has 7 heteroatoms. The molecular formula is C11H10BrF3O3. The van der Waals surface area contributed by atoms with Gasteiger partial charge in [0.05, 0.1) is 5.56 Å². The van der Waals surface area contributed by atoms with Crippen LogP contribution in [-0.4, -0.2) is 30.3 Å². The smallest absolute Gasteiger partial charge is 0.417 e. The molecule has 0 spiro atoms. The third kappa shape index (κ3) is 3.71. The van der Waals surface area contributed by atoms with Gasteiger partial charge in [-0.05, 0) is 24.6 Å². The van der Waals surface area contributed by atoms with E-state index in [0.717, 1.165) is 0 Å². The Morgan fingerprint density at radius 1 is 1.50 bits per heavy atom. The number of aryl methyl sites for hydroxylation is 1. The van der Waals surface area contributed by atoms with Gasteiger partial charge in [0.15, 0.2) is 12.4 Å². The number of carbonyl (C=O) groups is 1. The SMILES string of the molecule is Cc1cc(Br)cc(C=O)c1OCC(O)C(F)(F)F. The van der Waals surface area contributed by atoms with Gasteiger partial charge in [0, 0.05) is 4.47 Å². The van der Waals surface area contributed by atoms with Gasteiger partial charge in [-0.25, -0.2) is 0 Å². The molecule has 0 aliphatic rings. The van der Waals surface area contributed by atoms with Gasteiger partial charge in [-0.15, -0.1) is 0 Å². The van der Waals surface area contributed by atoms with E-state index in [4.69, 9.17) is 9.84 Å². The van der Waals surface area contributed by atoms with Crippen molar-refractivity contribution in [3.8, 4) is 5.75 Å². The molecular weight excluding hydrogens is 317 g/mol. The molecule has 18 heavy (non-hydrogen) atoms. The first-order valence-electron chi connectivity index (χ1n) is 4.88. The average molecular weight is 327 g/mol. The van der Waals surface area contributed by atoms with Crippen LogP contribution in [0.25, 0.3) is 0 Å². The van der Waals surface area contributed by atoms with E-state index < -0.39 is 18.9 Å². The number of halogens is 4. The first-order valence-corrected chi connectivity index (χ1v) is 5.68. The molecule has 0 radical (unpaired) electrons. The first kappa shape index (κ1) is 15.0. The zero-order valence-corrected chi connectivity index (χ0v) is 10.9. The summed E-state index contributed by atoms with van der Waals surface area (Å²) in [6.07, 6.45) is -6.85. The lowest BCUT2D eigenvalue weighted by atomic mass is 10.1. The monoisotopic (exact) mass is 326 g/mol. The van der Waals surface area contributed by atoms with E-state index >= 15 is 0 Å². The molecule has 1 atom stereocenters. The summed E-state index contributed by atoms with van der Waals surface area (Å²) in [5.74, 6) is 0.0384. The van der Waals surface area contributed by atoms with Crippen LogP contribution in [0.2, 0.25) is 0 Å². The van der Waals surface area contributed by atoms with Crippen LogP contribution < -0.4 is 4.74 Å². The van der Waals surface area contributed by atoms with Crippen molar-refractivity contribution in [2.24, 2.45) is 0 Å². The zero-order valence-electron chi connectivity index (χ0n) is 9.29. The number of carbonyl (C=O) groups excluding carboxylic acids is 1. The van der Waals surface area contributed by atoms with Crippen molar-refractivity contribution < 1.29 is 27.8 Å². The highest BCUT2D eigenvalue weighted by Crippen LogP contribution is 2.28. The summed E-state index contributed by atoms with van der Waals surface area (Å²) in [6, 6.07) is 3.03. The molecule has 1 aromatic rings. The minimum atomic E-state index is -4.75. The quantitative estimate of drug-likeness (QED) is 0.865. The molecule has 1 rings (SSSR count). The Morgan fingerprint density at radius 2 is 2.11 bits per heavy atom. The lowest BCUT2D eigenvalue weighted by Crippen LogP contribution is -2.34. The maximum absolute atomic E-state index is 12.1. The predicted octanol–water partition coefficient (Wildman–Crippen LogP) is 2.87. The van der Waals surface area contributed by atoms with Crippen molar-refractivity contribution in [3.63, 3.8) is 0 Å². The first-order chi connectivity index (χ1) is 8.25. The Kier molecular flexibility index (Phi) is 4.75. The van der Waals surface area contributed by atoms with E-state index in [1.807, 2.05) is 0 Å². The standard InChI is InChI=1S/C11H10BrF3O3/c1-6-2-8(12)3-7(4-16)10(6)18-5-9(17)11(13,14)15/h2-4,9,17H,5H2,1H3. The Labute approximate surface area is 110 Å². The lowest BCUT2D eigenvalue weighted by Gasteiger charge is -2.17. The Bertz CT molecular complexity index is 446. The van der Waals surface area contributed by atoms with Crippen LogP contribution in [-0.2, 0) is 0 Å². The summed E-state index contributed by atoms with van der Waals surface area (Å²) < 4.78 is 41.8. The van der Waals surface area contributed by atoms with Gasteiger partial charge in [-0.1, -0.05) is 15.9 Å². The van der Waals surface area contributed by atoms with Gasteiger partial charge in [0.25, 0.3) is 0 Å². The minimum absolute atomic E-state index is 0.0384. The van der Waals surface area contributed by atoms with Gasteiger partial charge in [-0.3, -0.25) is 4.79 Å². The number of hydrogen-bond acceptors (Lipinski definition) is 3. The normalized spacial score (nSPS) is 13.2. The molecule has 1 aromatic carbocycles. The molecule has 0 bridgehead atoms. The molecule has 100 valence electrons. The minimum Gasteiger partial charge on any atom is -0.489 e. The van der Waals surface area contributed by atoms with Crippen molar-refractivity contribution in [2.75, 3.05) is 6.61 Å². The summed E-state index contributed by atoms with van der Waals surface area (Å²) in [5.41, 5.74) is 0.622. The molecule has 0 aromatic heterocycles. The summed E-state index contributed by atoms with van der Waals surface area (Å²) >= 11 is 3.16. The van der Waals surface area contributed by atoms with Crippen LogP contribution in [0.1, 0.15) is 15.9 Å². The van der Waals surface area contributed by atoms with Crippen molar-refractivity contribution in [1.29, 1.82) is 0 Å². The molecule has 3 nitrogen and oxygen atoms in total. The van der Waals surface area contributed by atoms with Crippen LogP contribution in [0.15, 0.2) is 16.6 Å². The van der Waals surface area contributed by atoms with Crippen molar-refractivity contribution in [3.05, 3.63) is 27.7 Å². The zero-order chi connectivity index (χ0) is 13.9. The number of benzene rings is 1. The highest BCUT2D eigenvalue weighted by atomic mass is 79.9. The highest BCUT2D eigenvalue weighted by molar-refractivity contribution is 9.10. The second-order valence-electron chi connectivity index (χ2n) is 3.63. The number of aliphatic hydroxyl groups is 1. The summed E-state index contributed by atoms with van der Waals surface area (Å²) in [6.45, 7) is 0.639. The molecule has 0 saturated carbocycles. The maximum atomic E-state index is 12.1. The van der Waals surface area contributed by atoms with E-state index in [2.05, 4.69) is 15.9 Å². The van der Waals surface area contributed by atoms with Crippen LogP contribution >= 0.6 is 15.9 Å². The molecule has 0 aliphatic heterocycles. The van der Waals surface area contributed by atoms with Crippen molar-refractivity contribution in [2.45, 2.75) is 19.2 Å². The van der Waals surface area contributed by atoms with E-state index in [0.29, 0.717) is 16.3 Å². The third-order valence-corrected chi connectivity index (χ3v) is 2.62. The molecule has 0 heterocycles. The van der Waals surface area contributed by atoms with Gasteiger partial charge in [-0.2, -0.15) is 13.2 Å². The summed E-state index contributed by atoms with van der Waals surface area (Å²) in [4.78, 5) is 10.8. The molecule has 1 N–H and O–H groups in total. The molecule has 0 fully saturated rings. The Morgan fingerprint density at radius 3 is 2.61 bits per heavy atom. The van der Waals surface area contributed by atoms with Gasteiger partial charge in [0.1, 0.15) is 12.4 Å². The van der Waals surface area contributed by atoms with E-state index in [1.54, 1.807) is 13.0 Å². The summed E-state index contributed by atoms with van der Waals surface area (Å²) in [7, 11) is 0. The van der Waals surface area contributed by atoms with Crippen LogP contribution in [0.3, 0.4) is 0 Å². The highest BCUT2D eigenvalue weighted by Gasteiger charge is 2.38. The van der Waals surface area contributed by atoms with E-state index in [1.165, 1.54) is 6.07 Å². The van der Waals surface area contributed by atoms with Crippen LogP contribution in [0.4, 0.5) is 13.2 Å². The Hall–Kier alpha value is -1.08. The number of aldehydes is 1. The number of ether oxygens (including phenoxy) is 1. The van der Waals surface area contributed by atoms with Crippen molar-refractivity contribution in [1.82, 2.24) is 0 Å². The average Bonchev–Trinajstić information content (AvgIpc) is 2.25. The number of aliphatic hydroxyl groups excluding tert-OH is 1. The van der Waals surface area contributed by atoms with Crippen LogP contribution in [0, 0.1) is 6.92 Å². The predicted molar refractivity (Wildman–Crippen MR) is 61.8 cm³/mol. The lowest BCUT2D eigenvalue weighted by molar-refractivity contribution is -0.210. The van der Waals surface area contributed by atoms with Crippen molar-refractivity contribution >= 4 is 22.2 Å². The number of rotatable bonds is 4.